The van der Waals surface area contributed by atoms with Gasteiger partial charge in [-0.3, -0.25) is 4.68 Å². The van der Waals surface area contributed by atoms with Gasteiger partial charge in [-0.2, -0.15) is 5.10 Å². The van der Waals surface area contributed by atoms with Gasteiger partial charge in [-0.05, 0) is 6.92 Å². The van der Waals surface area contributed by atoms with Crippen LogP contribution in [-0.2, 0) is 7.05 Å². The summed E-state index contributed by atoms with van der Waals surface area (Å²) in [6.45, 7) is 5.41. The first-order chi connectivity index (χ1) is 5.04. The maximum atomic E-state index is 5.88. The molecule has 1 heterocycles. The fourth-order valence-electron chi connectivity index (χ4n) is 0.927. The molecule has 0 radical (unpaired) electrons. The summed E-state index contributed by atoms with van der Waals surface area (Å²) in [4.78, 5) is 0. The number of hydrogen-bond acceptors (Lipinski definition) is 1. The second-order valence-corrected chi connectivity index (χ2v) is 3.11. The maximum absolute atomic E-state index is 5.88. The molecule has 0 aromatic carbocycles. The van der Waals surface area contributed by atoms with Crippen LogP contribution in [0.3, 0.4) is 0 Å². The molecule has 0 saturated heterocycles. The normalized spacial score (nSPS) is 10.2. The summed E-state index contributed by atoms with van der Waals surface area (Å²) in [5, 5.41) is 5.06. The first-order valence-corrected chi connectivity index (χ1v) is 3.83. The van der Waals surface area contributed by atoms with Gasteiger partial charge in [0.2, 0.25) is 0 Å². The number of rotatable bonds is 1. The molecule has 0 aliphatic heterocycles. The molecule has 1 aromatic heterocycles. The van der Waals surface area contributed by atoms with Gasteiger partial charge in [0.1, 0.15) is 0 Å². The van der Waals surface area contributed by atoms with E-state index in [1.165, 1.54) is 0 Å². The Morgan fingerprint density at radius 2 is 2.18 bits per heavy atom. The van der Waals surface area contributed by atoms with Gasteiger partial charge in [0.05, 0.1) is 21.4 Å². The van der Waals surface area contributed by atoms with Crippen LogP contribution in [-0.4, -0.2) is 9.78 Å². The Labute approximate surface area is 75.4 Å². The third-order valence-corrected chi connectivity index (χ3v) is 2.04. The van der Waals surface area contributed by atoms with Crippen molar-refractivity contribution < 1.29 is 0 Å². The van der Waals surface area contributed by atoms with Crippen LogP contribution in [0, 0.1) is 6.92 Å². The molecular formula is C7H8Cl2N2. The third kappa shape index (κ3) is 1.42. The van der Waals surface area contributed by atoms with Crippen LogP contribution in [0.2, 0.25) is 5.02 Å². The lowest BCUT2D eigenvalue weighted by atomic mass is 10.3. The van der Waals surface area contributed by atoms with Crippen LogP contribution in [0.4, 0.5) is 0 Å². The highest BCUT2D eigenvalue weighted by atomic mass is 35.5. The molecule has 0 saturated carbocycles. The second-order valence-electron chi connectivity index (χ2n) is 2.28. The summed E-state index contributed by atoms with van der Waals surface area (Å²) >= 11 is 11.6. The Morgan fingerprint density at radius 1 is 1.64 bits per heavy atom. The monoisotopic (exact) mass is 190 g/mol. The minimum Gasteiger partial charge on any atom is -0.265 e. The molecule has 0 aliphatic carbocycles. The third-order valence-electron chi connectivity index (χ3n) is 1.41. The van der Waals surface area contributed by atoms with Crippen molar-refractivity contribution in [2.45, 2.75) is 6.92 Å². The number of nitrogens with zero attached hydrogens (tertiary/aromatic N) is 2. The maximum Gasteiger partial charge on any atom is 0.0976 e. The first-order valence-electron chi connectivity index (χ1n) is 3.08. The molecule has 0 spiro atoms. The number of aryl methyl sites for hydroxylation is 2. The van der Waals surface area contributed by atoms with E-state index in [-0.39, 0.29) is 0 Å². The van der Waals surface area contributed by atoms with Gasteiger partial charge >= 0.3 is 0 Å². The molecule has 60 valence electrons. The molecule has 0 aliphatic rings. The molecule has 0 N–H and O–H groups in total. The highest BCUT2D eigenvalue weighted by molar-refractivity contribution is 6.49. The second kappa shape index (κ2) is 2.88. The molecule has 0 bridgehead atoms. The smallest absolute Gasteiger partial charge is 0.0976 e. The molecule has 0 fully saturated rings. The molecule has 0 amide bonds. The van der Waals surface area contributed by atoms with E-state index in [0.29, 0.717) is 15.7 Å². The topological polar surface area (TPSA) is 17.8 Å². The van der Waals surface area contributed by atoms with Crippen LogP contribution in [0.15, 0.2) is 6.58 Å². The molecule has 11 heavy (non-hydrogen) atoms. The van der Waals surface area contributed by atoms with Gasteiger partial charge in [0.25, 0.3) is 0 Å². The van der Waals surface area contributed by atoms with Gasteiger partial charge in [0, 0.05) is 7.05 Å². The van der Waals surface area contributed by atoms with Crippen molar-refractivity contribution in [2.24, 2.45) is 7.05 Å². The van der Waals surface area contributed by atoms with Crippen LogP contribution >= 0.6 is 23.2 Å². The Morgan fingerprint density at radius 3 is 2.36 bits per heavy atom. The lowest BCUT2D eigenvalue weighted by molar-refractivity contribution is 0.748. The molecule has 2 nitrogen and oxygen atoms in total. The van der Waals surface area contributed by atoms with E-state index >= 15 is 0 Å². The molecule has 0 unspecified atom stereocenters. The van der Waals surface area contributed by atoms with Crippen molar-refractivity contribution in [3.05, 3.63) is 23.0 Å². The Bertz CT molecular complexity index is 302. The van der Waals surface area contributed by atoms with E-state index in [0.717, 1.165) is 5.69 Å². The van der Waals surface area contributed by atoms with Gasteiger partial charge in [-0.1, -0.05) is 29.8 Å². The highest BCUT2D eigenvalue weighted by Gasteiger charge is 2.11. The van der Waals surface area contributed by atoms with Gasteiger partial charge in [0.15, 0.2) is 0 Å². The van der Waals surface area contributed by atoms with Crippen molar-refractivity contribution in [2.75, 3.05) is 0 Å². The summed E-state index contributed by atoms with van der Waals surface area (Å²) in [5.41, 5.74) is 1.46. The van der Waals surface area contributed by atoms with E-state index in [1.807, 2.05) is 6.92 Å². The van der Waals surface area contributed by atoms with Crippen LogP contribution in [0.25, 0.3) is 5.03 Å². The van der Waals surface area contributed by atoms with E-state index in [4.69, 9.17) is 23.2 Å². The largest absolute Gasteiger partial charge is 0.265 e. The molecule has 0 atom stereocenters. The number of halogens is 2. The fraction of sp³-hybridized carbons (Fsp3) is 0.286. The Kier molecular flexibility index (Phi) is 2.25. The minimum absolute atomic E-state index is 0.415. The van der Waals surface area contributed by atoms with Crippen molar-refractivity contribution in [1.82, 2.24) is 9.78 Å². The molecular weight excluding hydrogens is 183 g/mol. The number of aromatic nitrogens is 2. The zero-order valence-corrected chi connectivity index (χ0v) is 7.87. The molecule has 1 rings (SSSR count). The van der Waals surface area contributed by atoms with E-state index < -0.39 is 0 Å². The van der Waals surface area contributed by atoms with Crippen LogP contribution in [0.1, 0.15) is 11.4 Å². The highest BCUT2D eigenvalue weighted by Crippen LogP contribution is 2.27. The Hall–Kier alpha value is -0.470. The van der Waals surface area contributed by atoms with E-state index in [1.54, 1.807) is 11.7 Å². The zero-order chi connectivity index (χ0) is 8.59. The molecule has 4 heteroatoms. The van der Waals surface area contributed by atoms with Crippen molar-refractivity contribution in [1.29, 1.82) is 0 Å². The zero-order valence-electron chi connectivity index (χ0n) is 6.36. The van der Waals surface area contributed by atoms with Crippen molar-refractivity contribution >= 4 is 28.2 Å². The van der Waals surface area contributed by atoms with Crippen LogP contribution in [0.5, 0.6) is 0 Å². The van der Waals surface area contributed by atoms with Gasteiger partial charge < -0.3 is 0 Å². The minimum atomic E-state index is 0.415. The predicted molar refractivity (Wildman–Crippen MR) is 47.8 cm³/mol. The van der Waals surface area contributed by atoms with Gasteiger partial charge in [-0.15, -0.1) is 0 Å². The van der Waals surface area contributed by atoms with E-state index in [9.17, 15) is 0 Å². The Balaban J connectivity index is 3.34. The summed E-state index contributed by atoms with van der Waals surface area (Å²) in [6.07, 6.45) is 0. The summed E-state index contributed by atoms with van der Waals surface area (Å²) < 4.78 is 1.62. The van der Waals surface area contributed by atoms with Crippen molar-refractivity contribution in [3.63, 3.8) is 0 Å². The fourth-order valence-corrected chi connectivity index (χ4v) is 1.47. The average molecular weight is 191 g/mol. The van der Waals surface area contributed by atoms with Crippen molar-refractivity contribution in [3.8, 4) is 0 Å². The average Bonchev–Trinajstić information content (AvgIpc) is 2.07. The summed E-state index contributed by atoms with van der Waals surface area (Å²) in [7, 11) is 1.78. The SMILES string of the molecule is C=C(Cl)c1c(Cl)c(C)nn1C. The van der Waals surface area contributed by atoms with Crippen LogP contribution < -0.4 is 0 Å². The number of hydrogen-bond donors (Lipinski definition) is 0. The standard InChI is InChI=1S/C7H8Cl2N2/c1-4(8)7-6(9)5(2)10-11(7)3/h1H2,2-3H3. The first kappa shape index (κ1) is 8.62. The van der Waals surface area contributed by atoms with Gasteiger partial charge in [-0.25, -0.2) is 0 Å². The summed E-state index contributed by atoms with van der Waals surface area (Å²) in [6, 6.07) is 0. The summed E-state index contributed by atoms with van der Waals surface area (Å²) in [5.74, 6) is 0. The lowest BCUT2D eigenvalue weighted by Crippen LogP contribution is -1.94. The lowest BCUT2D eigenvalue weighted by Gasteiger charge is -1.96. The molecule has 1 aromatic rings. The van der Waals surface area contributed by atoms with E-state index in [2.05, 4.69) is 11.7 Å². The predicted octanol–water partition coefficient (Wildman–Crippen LogP) is 2.59. The quantitative estimate of drug-likeness (QED) is 0.666.